The van der Waals surface area contributed by atoms with Crippen LogP contribution < -0.4 is 5.73 Å². The summed E-state index contributed by atoms with van der Waals surface area (Å²) in [6.45, 7) is 4.32. The normalized spacial score (nSPS) is 15.7. The van der Waals surface area contributed by atoms with Gasteiger partial charge in [0.25, 0.3) is 0 Å². The van der Waals surface area contributed by atoms with Crippen molar-refractivity contribution in [2.45, 2.75) is 32.7 Å². The average molecular weight is 246 g/mol. The lowest BCUT2D eigenvalue weighted by atomic mass is 9.96. The first-order chi connectivity index (χ1) is 6.16. The van der Waals surface area contributed by atoms with Crippen molar-refractivity contribution >= 4 is 15.9 Å². The molecule has 0 aliphatic carbocycles. The zero-order valence-corrected chi connectivity index (χ0v) is 9.67. The van der Waals surface area contributed by atoms with Gasteiger partial charge in [0.2, 0.25) is 0 Å². The van der Waals surface area contributed by atoms with Gasteiger partial charge in [-0.1, -0.05) is 20.3 Å². The van der Waals surface area contributed by atoms with E-state index < -0.39 is 0 Å². The summed E-state index contributed by atoms with van der Waals surface area (Å²) in [6.07, 6.45) is 3.96. The standard InChI is InChI=1S/C10H16BrNO/c1-3-4-7(2)9(12)10-8(11)5-6-13-10/h5-7,9H,3-4,12H2,1-2H3. The van der Waals surface area contributed by atoms with Gasteiger partial charge in [0.15, 0.2) is 0 Å². The first kappa shape index (κ1) is 10.8. The molecule has 2 nitrogen and oxygen atoms in total. The Hall–Kier alpha value is -0.280. The molecule has 0 amide bonds. The third kappa shape index (κ3) is 2.58. The molecule has 0 fully saturated rings. The molecule has 13 heavy (non-hydrogen) atoms. The molecule has 2 unspecified atom stereocenters. The van der Waals surface area contributed by atoms with Crippen molar-refractivity contribution in [1.29, 1.82) is 0 Å². The van der Waals surface area contributed by atoms with Gasteiger partial charge in [-0.15, -0.1) is 0 Å². The molecule has 1 aromatic rings. The van der Waals surface area contributed by atoms with Crippen LogP contribution in [0, 0.1) is 5.92 Å². The van der Waals surface area contributed by atoms with E-state index in [-0.39, 0.29) is 6.04 Å². The molecule has 0 saturated carbocycles. The Morgan fingerprint density at radius 1 is 1.62 bits per heavy atom. The van der Waals surface area contributed by atoms with Gasteiger partial charge in [-0.3, -0.25) is 0 Å². The second-order valence-electron chi connectivity index (χ2n) is 3.42. The van der Waals surface area contributed by atoms with E-state index in [0.717, 1.165) is 23.1 Å². The van der Waals surface area contributed by atoms with Gasteiger partial charge in [0, 0.05) is 0 Å². The Balaban J connectivity index is 2.67. The van der Waals surface area contributed by atoms with Crippen LogP contribution in [0.3, 0.4) is 0 Å². The van der Waals surface area contributed by atoms with E-state index in [0.29, 0.717) is 5.92 Å². The minimum absolute atomic E-state index is 0.00400. The summed E-state index contributed by atoms with van der Waals surface area (Å²) in [6, 6.07) is 1.89. The highest BCUT2D eigenvalue weighted by Crippen LogP contribution is 2.29. The molecule has 0 spiro atoms. The maximum absolute atomic E-state index is 6.05. The molecule has 1 aromatic heterocycles. The highest BCUT2D eigenvalue weighted by atomic mass is 79.9. The summed E-state index contributed by atoms with van der Waals surface area (Å²) in [7, 11) is 0. The predicted octanol–water partition coefficient (Wildman–Crippen LogP) is 3.48. The molecule has 0 bridgehead atoms. The molecule has 3 heteroatoms. The Kier molecular flexibility index (Phi) is 4.00. The molecule has 0 aromatic carbocycles. The van der Waals surface area contributed by atoms with E-state index in [1.54, 1.807) is 6.26 Å². The number of furan rings is 1. The second kappa shape index (κ2) is 4.82. The maximum Gasteiger partial charge on any atom is 0.134 e. The highest BCUT2D eigenvalue weighted by Gasteiger charge is 2.19. The molecule has 2 N–H and O–H groups in total. The van der Waals surface area contributed by atoms with Gasteiger partial charge >= 0.3 is 0 Å². The first-order valence-electron chi connectivity index (χ1n) is 4.65. The van der Waals surface area contributed by atoms with E-state index in [4.69, 9.17) is 10.2 Å². The summed E-state index contributed by atoms with van der Waals surface area (Å²) >= 11 is 3.41. The number of halogens is 1. The monoisotopic (exact) mass is 245 g/mol. The number of hydrogen-bond donors (Lipinski definition) is 1. The Morgan fingerprint density at radius 3 is 2.77 bits per heavy atom. The Bertz CT molecular complexity index is 259. The van der Waals surface area contributed by atoms with Gasteiger partial charge in [0.05, 0.1) is 16.8 Å². The first-order valence-corrected chi connectivity index (χ1v) is 5.44. The molecule has 0 saturated heterocycles. The molecule has 2 atom stereocenters. The van der Waals surface area contributed by atoms with Crippen LogP contribution in [0.25, 0.3) is 0 Å². The minimum atomic E-state index is 0.00400. The smallest absolute Gasteiger partial charge is 0.134 e. The predicted molar refractivity (Wildman–Crippen MR) is 57.4 cm³/mol. The molecule has 0 radical (unpaired) electrons. The van der Waals surface area contributed by atoms with Crippen LogP contribution in [0.5, 0.6) is 0 Å². The summed E-state index contributed by atoms with van der Waals surface area (Å²) in [5.41, 5.74) is 6.05. The summed E-state index contributed by atoms with van der Waals surface area (Å²) < 4.78 is 6.30. The fraction of sp³-hybridized carbons (Fsp3) is 0.600. The third-order valence-electron chi connectivity index (χ3n) is 2.30. The van der Waals surface area contributed by atoms with Gasteiger partial charge in [0.1, 0.15) is 5.76 Å². The zero-order valence-electron chi connectivity index (χ0n) is 8.09. The fourth-order valence-corrected chi connectivity index (χ4v) is 1.90. The second-order valence-corrected chi connectivity index (χ2v) is 4.28. The van der Waals surface area contributed by atoms with E-state index in [1.165, 1.54) is 0 Å². The van der Waals surface area contributed by atoms with Crippen molar-refractivity contribution in [3.8, 4) is 0 Å². The van der Waals surface area contributed by atoms with Crippen LogP contribution in [-0.2, 0) is 0 Å². The van der Waals surface area contributed by atoms with Crippen LogP contribution in [0.15, 0.2) is 21.2 Å². The van der Waals surface area contributed by atoms with Gasteiger partial charge in [-0.2, -0.15) is 0 Å². The quantitative estimate of drug-likeness (QED) is 0.883. The van der Waals surface area contributed by atoms with Gasteiger partial charge < -0.3 is 10.2 Å². The Morgan fingerprint density at radius 2 is 2.31 bits per heavy atom. The topological polar surface area (TPSA) is 39.2 Å². The van der Waals surface area contributed by atoms with Crippen molar-refractivity contribution < 1.29 is 4.42 Å². The molecule has 0 aliphatic rings. The van der Waals surface area contributed by atoms with Crippen molar-refractivity contribution in [3.63, 3.8) is 0 Å². The molecular weight excluding hydrogens is 230 g/mol. The van der Waals surface area contributed by atoms with Crippen LogP contribution in [0.4, 0.5) is 0 Å². The molecule has 1 rings (SSSR count). The number of hydrogen-bond acceptors (Lipinski definition) is 2. The minimum Gasteiger partial charge on any atom is -0.466 e. The lowest BCUT2D eigenvalue weighted by Gasteiger charge is -2.17. The molecule has 1 heterocycles. The number of rotatable bonds is 4. The lowest BCUT2D eigenvalue weighted by Crippen LogP contribution is -2.18. The Labute approximate surface area is 87.6 Å². The summed E-state index contributed by atoms with van der Waals surface area (Å²) in [5, 5.41) is 0. The fourth-order valence-electron chi connectivity index (χ4n) is 1.44. The van der Waals surface area contributed by atoms with E-state index in [9.17, 15) is 0 Å². The van der Waals surface area contributed by atoms with Crippen molar-refractivity contribution in [3.05, 3.63) is 22.6 Å². The van der Waals surface area contributed by atoms with Crippen molar-refractivity contribution in [1.82, 2.24) is 0 Å². The third-order valence-corrected chi connectivity index (χ3v) is 2.96. The highest BCUT2D eigenvalue weighted by molar-refractivity contribution is 9.10. The van der Waals surface area contributed by atoms with Gasteiger partial charge in [-0.25, -0.2) is 0 Å². The largest absolute Gasteiger partial charge is 0.466 e. The lowest BCUT2D eigenvalue weighted by molar-refractivity contribution is 0.363. The SMILES string of the molecule is CCCC(C)C(N)c1occc1Br. The maximum atomic E-state index is 6.05. The van der Waals surface area contributed by atoms with Crippen LogP contribution in [0.1, 0.15) is 38.5 Å². The van der Waals surface area contributed by atoms with Crippen LogP contribution in [-0.4, -0.2) is 0 Å². The van der Waals surface area contributed by atoms with Crippen LogP contribution >= 0.6 is 15.9 Å². The summed E-state index contributed by atoms with van der Waals surface area (Å²) in [4.78, 5) is 0. The van der Waals surface area contributed by atoms with Crippen molar-refractivity contribution in [2.24, 2.45) is 11.7 Å². The zero-order chi connectivity index (χ0) is 9.84. The summed E-state index contributed by atoms with van der Waals surface area (Å²) in [5.74, 6) is 1.33. The van der Waals surface area contributed by atoms with E-state index in [1.807, 2.05) is 6.07 Å². The molecule has 74 valence electrons. The van der Waals surface area contributed by atoms with E-state index in [2.05, 4.69) is 29.8 Å². The molecular formula is C10H16BrNO. The molecule has 0 aliphatic heterocycles. The van der Waals surface area contributed by atoms with Crippen molar-refractivity contribution in [2.75, 3.05) is 0 Å². The van der Waals surface area contributed by atoms with Gasteiger partial charge in [-0.05, 0) is 34.3 Å². The number of nitrogens with two attached hydrogens (primary N) is 1. The average Bonchev–Trinajstić information content (AvgIpc) is 2.50. The van der Waals surface area contributed by atoms with Crippen LogP contribution in [0.2, 0.25) is 0 Å². The van der Waals surface area contributed by atoms with E-state index >= 15 is 0 Å².